The van der Waals surface area contributed by atoms with E-state index < -0.39 is 10.9 Å². The van der Waals surface area contributed by atoms with Gasteiger partial charge < -0.3 is 9.30 Å². The molecule has 4 aromatic rings. The van der Waals surface area contributed by atoms with Gasteiger partial charge in [-0.3, -0.25) is 10.1 Å². The van der Waals surface area contributed by atoms with Gasteiger partial charge in [0.1, 0.15) is 5.69 Å². The quantitative estimate of drug-likeness (QED) is 0.272. The Labute approximate surface area is 162 Å². The number of nitro groups is 1. The molecule has 0 fully saturated rings. The molecule has 0 aliphatic carbocycles. The fraction of sp³-hybridized carbons (Fsp3) is 0.118. The van der Waals surface area contributed by atoms with Crippen molar-refractivity contribution in [2.45, 2.75) is 6.92 Å². The van der Waals surface area contributed by atoms with Gasteiger partial charge in [-0.15, -0.1) is 5.10 Å². The SMILES string of the molecule is CCOC(=O)c1nnn(-c2nonc2-n2cccc2)c1-c1ccc([N+](=O)[O-])cc1. The number of ether oxygens (including phenoxy) is 1. The molecule has 12 heteroatoms. The Bertz CT molecular complexity index is 1160. The monoisotopic (exact) mass is 395 g/mol. The molecule has 3 aromatic heterocycles. The molecule has 12 nitrogen and oxygen atoms in total. The minimum atomic E-state index is -0.689. The molecule has 0 bridgehead atoms. The Morgan fingerprint density at radius 2 is 1.86 bits per heavy atom. The Hall–Kier alpha value is -4.35. The third kappa shape index (κ3) is 3.22. The van der Waals surface area contributed by atoms with Crippen molar-refractivity contribution in [3.8, 4) is 22.9 Å². The molecule has 0 amide bonds. The molecule has 0 aliphatic rings. The highest BCUT2D eigenvalue weighted by atomic mass is 16.6. The maximum Gasteiger partial charge on any atom is 0.361 e. The number of benzene rings is 1. The lowest BCUT2D eigenvalue weighted by atomic mass is 10.1. The van der Waals surface area contributed by atoms with E-state index in [1.54, 1.807) is 36.0 Å². The van der Waals surface area contributed by atoms with Crippen molar-refractivity contribution >= 4 is 11.7 Å². The van der Waals surface area contributed by atoms with Crippen LogP contribution in [-0.2, 0) is 4.74 Å². The average molecular weight is 395 g/mol. The first kappa shape index (κ1) is 18.0. The number of nitro benzene ring substituents is 1. The van der Waals surface area contributed by atoms with Crippen molar-refractivity contribution in [1.82, 2.24) is 29.9 Å². The summed E-state index contributed by atoms with van der Waals surface area (Å²) in [5.74, 6) is -0.192. The minimum Gasteiger partial charge on any atom is -0.461 e. The first-order valence-corrected chi connectivity index (χ1v) is 8.44. The van der Waals surface area contributed by atoms with Crippen LogP contribution >= 0.6 is 0 Å². The Morgan fingerprint density at radius 1 is 1.17 bits per heavy atom. The van der Waals surface area contributed by atoms with Crippen molar-refractivity contribution in [2.24, 2.45) is 0 Å². The maximum atomic E-state index is 12.4. The summed E-state index contributed by atoms with van der Waals surface area (Å²) < 4.78 is 12.9. The van der Waals surface area contributed by atoms with Gasteiger partial charge in [-0.25, -0.2) is 9.42 Å². The van der Waals surface area contributed by atoms with Crippen LogP contribution in [0.1, 0.15) is 17.4 Å². The Balaban J connectivity index is 1.89. The van der Waals surface area contributed by atoms with Crippen LogP contribution < -0.4 is 0 Å². The fourth-order valence-electron chi connectivity index (χ4n) is 2.72. The lowest BCUT2D eigenvalue weighted by Gasteiger charge is -2.07. The van der Waals surface area contributed by atoms with Crippen LogP contribution in [0.2, 0.25) is 0 Å². The molecule has 0 unspecified atom stereocenters. The zero-order valence-electron chi connectivity index (χ0n) is 15.0. The fourth-order valence-corrected chi connectivity index (χ4v) is 2.72. The molecule has 3 heterocycles. The van der Waals surface area contributed by atoms with Gasteiger partial charge in [-0.1, -0.05) is 5.21 Å². The van der Waals surface area contributed by atoms with Gasteiger partial charge in [-0.05, 0) is 41.5 Å². The van der Waals surface area contributed by atoms with Crippen LogP contribution in [-0.4, -0.2) is 47.4 Å². The summed E-state index contributed by atoms with van der Waals surface area (Å²) in [5.41, 5.74) is 0.524. The molecule has 1 aromatic carbocycles. The van der Waals surface area contributed by atoms with E-state index in [1.165, 1.54) is 28.9 Å². The van der Waals surface area contributed by atoms with E-state index in [4.69, 9.17) is 9.37 Å². The first-order valence-electron chi connectivity index (χ1n) is 8.44. The van der Waals surface area contributed by atoms with Crippen LogP contribution in [0.4, 0.5) is 5.69 Å². The number of non-ortho nitro benzene ring substituents is 1. The highest BCUT2D eigenvalue weighted by Crippen LogP contribution is 2.28. The summed E-state index contributed by atoms with van der Waals surface area (Å²) in [6.07, 6.45) is 3.47. The highest BCUT2D eigenvalue weighted by molar-refractivity contribution is 5.94. The lowest BCUT2D eigenvalue weighted by Crippen LogP contribution is -2.09. The topological polar surface area (TPSA) is 144 Å². The molecule has 146 valence electrons. The second kappa shape index (κ2) is 7.34. The summed E-state index contributed by atoms with van der Waals surface area (Å²) >= 11 is 0. The second-order valence-electron chi connectivity index (χ2n) is 5.72. The van der Waals surface area contributed by atoms with Crippen LogP contribution in [0.15, 0.2) is 53.4 Å². The van der Waals surface area contributed by atoms with Crippen LogP contribution in [0.25, 0.3) is 22.9 Å². The molecule has 29 heavy (non-hydrogen) atoms. The molecule has 0 aliphatic heterocycles. The summed E-state index contributed by atoms with van der Waals surface area (Å²) in [6, 6.07) is 9.19. The number of carbonyl (C=O) groups excluding carboxylic acids is 1. The van der Waals surface area contributed by atoms with Crippen LogP contribution in [0, 0.1) is 10.1 Å². The number of rotatable bonds is 6. The number of nitrogens with zero attached hydrogens (tertiary/aromatic N) is 7. The zero-order valence-corrected chi connectivity index (χ0v) is 15.0. The van der Waals surface area contributed by atoms with E-state index in [1.807, 2.05) is 0 Å². The maximum absolute atomic E-state index is 12.4. The van der Waals surface area contributed by atoms with Gasteiger partial charge in [0.05, 0.1) is 11.5 Å². The highest BCUT2D eigenvalue weighted by Gasteiger charge is 2.27. The molecule has 4 rings (SSSR count). The number of aromatic nitrogens is 6. The molecular weight excluding hydrogens is 382 g/mol. The van der Waals surface area contributed by atoms with E-state index in [9.17, 15) is 14.9 Å². The zero-order chi connectivity index (χ0) is 20.4. The smallest absolute Gasteiger partial charge is 0.361 e. The van der Waals surface area contributed by atoms with E-state index in [-0.39, 0.29) is 29.5 Å². The predicted molar refractivity (Wildman–Crippen MR) is 96.6 cm³/mol. The molecule has 0 atom stereocenters. The third-order valence-corrected chi connectivity index (χ3v) is 3.99. The number of esters is 1. The van der Waals surface area contributed by atoms with Crippen molar-refractivity contribution in [3.63, 3.8) is 0 Å². The summed E-state index contributed by atoms with van der Waals surface area (Å²) in [5, 5.41) is 26.7. The van der Waals surface area contributed by atoms with Crippen LogP contribution in [0.3, 0.4) is 0 Å². The van der Waals surface area contributed by atoms with E-state index >= 15 is 0 Å². The number of carbonyl (C=O) groups is 1. The minimum absolute atomic E-state index is 0.0674. The molecule has 0 radical (unpaired) electrons. The summed E-state index contributed by atoms with van der Waals surface area (Å²) in [7, 11) is 0. The van der Waals surface area contributed by atoms with Crippen molar-refractivity contribution < 1.29 is 19.1 Å². The number of hydrogen-bond donors (Lipinski definition) is 0. The normalized spacial score (nSPS) is 10.8. The standard InChI is InChI=1S/C17H13N7O5/c1-2-28-17(25)13-14(11-5-7-12(8-6-11)24(26)27)23(21-18-13)16-15(19-29-20-16)22-9-3-4-10-22/h3-10H,2H2,1H3. The molecule has 0 N–H and O–H groups in total. The van der Waals surface area contributed by atoms with E-state index in [0.717, 1.165) is 0 Å². The Kier molecular flexibility index (Phi) is 4.57. The molecular formula is C17H13N7O5. The average Bonchev–Trinajstić information content (AvgIpc) is 3.47. The lowest BCUT2D eigenvalue weighted by molar-refractivity contribution is -0.384. The van der Waals surface area contributed by atoms with Gasteiger partial charge in [0, 0.05) is 30.1 Å². The Morgan fingerprint density at radius 3 is 2.52 bits per heavy atom. The van der Waals surface area contributed by atoms with E-state index in [0.29, 0.717) is 11.4 Å². The summed E-state index contributed by atoms with van der Waals surface area (Å²) in [6.45, 7) is 1.81. The van der Waals surface area contributed by atoms with Crippen molar-refractivity contribution in [3.05, 3.63) is 64.6 Å². The second-order valence-corrected chi connectivity index (χ2v) is 5.72. The molecule has 0 spiro atoms. The third-order valence-electron chi connectivity index (χ3n) is 3.99. The summed E-state index contributed by atoms with van der Waals surface area (Å²) in [4.78, 5) is 22.8. The van der Waals surface area contributed by atoms with Crippen molar-refractivity contribution in [2.75, 3.05) is 6.61 Å². The molecule has 0 saturated heterocycles. The van der Waals surface area contributed by atoms with Crippen LogP contribution in [0.5, 0.6) is 0 Å². The van der Waals surface area contributed by atoms with Gasteiger partial charge >= 0.3 is 5.97 Å². The van der Waals surface area contributed by atoms with Gasteiger partial charge in [0.25, 0.3) is 5.69 Å². The predicted octanol–water partition coefficient (Wildman–Crippen LogP) is 2.19. The largest absolute Gasteiger partial charge is 0.461 e. The van der Waals surface area contributed by atoms with E-state index in [2.05, 4.69) is 20.6 Å². The molecule has 0 saturated carbocycles. The van der Waals surface area contributed by atoms with Gasteiger partial charge in [0.15, 0.2) is 5.69 Å². The first-order chi connectivity index (χ1) is 14.1. The van der Waals surface area contributed by atoms with Gasteiger partial charge in [-0.2, -0.15) is 4.68 Å². The number of hydrogen-bond acceptors (Lipinski definition) is 9. The van der Waals surface area contributed by atoms with Crippen molar-refractivity contribution in [1.29, 1.82) is 0 Å². The van der Waals surface area contributed by atoms with Gasteiger partial charge in [0.2, 0.25) is 11.6 Å².